The van der Waals surface area contributed by atoms with Gasteiger partial charge in [-0.3, -0.25) is 9.59 Å². The molecule has 0 heterocycles. The van der Waals surface area contributed by atoms with Gasteiger partial charge in [-0.1, -0.05) is 23.2 Å². The van der Waals surface area contributed by atoms with Gasteiger partial charge in [0, 0.05) is 11.1 Å². The fraction of sp³-hybridized carbons (Fsp3) is 0. The van der Waals surface area contributed by atoms with Gasteiger partial charge in [0.25, 0.3) is 0 Å². The van der Waals surface area contributed by atoms with Crippen LogP contribution in [0.1, 0.15) is 16.7 Å². The van der Waals surface area contributed by atoms with Gasteiger partial charge in [-0.25, -0.2) is 0 Å². The van der Waals surface area contributed by atoms with E-state index in [-0.39, 0.29) is 38.1 Å². The third kappa shape index (κ3) is 2.23. The van der Waals surface area contributed by atoms with E-state index in [0.29, 0.717) is 0 Å². The van der Waals surface area contributed by atoms with Crippen molar-refractivity contribution in [1.29, 1.82) is 10.5 Å². The normalized spacial score (nSPS) is 13.7. The number of nitriles is 2. The Balaban J connectivity index is 2.75. The highest BCUT2D eigenvalue weighted by molar-refractivity contribution is 6.46. The SMILES string of the molecule is N#Cc1cc(C2=CC(=O)C=CC2=O)c(Cl)c(Cl)c1C#N. The van der Waals surface area contributed by atoms with E-state index in [4.69, 9.17) is 33.7 Å². The maximum Gasteiger partial charge on any atom is 0.186 e. The Kier molecular flexibility index (Phi) is 3.72. The zero-order valence-electron chi connectivity index (χ0n) is 9.78. The first-order chi connectivity index (χ1) is 9.49. The van der Waals surface area contributed by atoms with Crippen molar-refractivity contribution in [3.63, 3.8) is 0 Å². The van der Waals surface area contributed by atoms with Crippen molar-refractivity contribution in [2.24, 2.45) is 0 Å². The standard InChI is InChI=1S/C14H4Cl2N2O2/c15-13-10(9-4-8(19)1-2-12(9)20)3-7(5-17)11(6-18)14(13)16/h1-4H. The second kappa shape index (κ2) is 5.30. The summed E-state index contributed by atoms with van der Waals surface area (Å²) in [5, 5.41) is 17.8. The first-order valence-corrected chi connectivity index (χ1v) is 6.05. The minimum Gasteiger partial charge on any atom is -0.290 e. The van der Waals surface area contributed by atoms with Gasteiger partial charge in [0.1, 0.15) is 12.1 Å². The number of hydrogen-bond acceptors (Lipinski definition) is 4. The van der Waals surface area contributed by atoms with E-state index in [9.17, 15) is 9.59 Å². The zero-order valence-corrected chi connectivity index (χ0v) is 11.3. The molecule has 0 fully saturated rings. The molecule has 1 aromatic carbocycles. The molecule has 0 radical (unpaired) electrons. The average Bonchev–Trinajstić information content (AvgIpc) is 2.44. The van der Waals surface area contributed by atoms with Crippen LogP contribution < -0.4 is 0 Å². The van der Waals surface area contributed by atoms with Crippen LogP contribution in [-0.4, -0.2) is 11.6 Å². The van der Waals surface area contributed by atoms with E-state index in [1.54, 1.807) is 6.07 Å². The summed E-state index contributed by atoms with van der Waals surface area (Å²) in [6.45, 7) is 0. The third-order valence-electron chi connectivity index (χ3n) is 2.68. The Labute approximate surface area is 124 Å². The molecule has 20 heavy (non-hydrogen) atoms. The molecule has 1 aliphatic rings. The summed E-state index contributed by atoms with van der Waals surface area (Å²) < 4.78 is 0. The third-order valence-corrected chi connectivity index (χ3v) is 3.55. The predicted octanol–water partition coefficient (Wildman–Crippen LogP) is 2.83. The number of carbonyl (C=O) groups excluding carboxylic acids is 2. The Hall–Kier alpha value is -2.40. The van der Waals surface area contributed by atoms with Crippen LogP contribution in [0.2, 0.25) is 10.0 Å². The molecular formula is C14H4Cl2N2O2. The fourth-order valence-electron chi connectivity index (χ4n) is 1.74. The first-order valence-electron chi connectivity index (χ1n) is 5.30. The molecule has 0 saturated carbocycles. The molecule has 0 unspecified atom stereocenters. The minimum absolute atomic E-state index is 0.00685. The summed E-state index contributed by atoms with van der Waals surface area (Å²) in [6, 6.07) is 4.88. The van der Waals surface area contributed by atoms with Crippen molar-refractivity contribution < 1.29 is 9.59 Å². The van der Waals surface area contributed by atoms with Gasteiger partial charge in [-0.2, -0.15) is 10.5 Å². The highest BCUT2D eigenvalue weighted by atomic mass is 35.5. The largest absolute Gasteiger partial charge is 0.290 e. The van der Waals surface area contributed by atoms with Gasteiger partial charge in [0.2, 0.25) is 0 Å². The lowest BCUT2D eigenvalue weighted by Crippen LogP contribution is -2.08. The number of ketones is 2. The molecule has 0 atom stereocenters. The van der Waals surface area contributed by atoms with Crippen LogP contribution in [0.25, 0.3) is 5.57 Å². The van der Waals surface area contributed by atoms with Crippen LogP contribution in [-0.2, 0) is 9.59 Å². The van der Waals surface area contributed by atoms with Crippen LogP contribution in [0, 0.1) is 22.7 Å². The summed E-state index contributed by atoms with van der Waals surface area (Å²) in [6.07, 6.45) is 3.37. The summed E-state index contributed by atoms with van der Waals surface area (Å²) in [5.41, 5.74) is 0.140. The number of nitrogens with zero attached hydrogens (tertiary/aromatic N) is 2. The molecule has 0 bridgehead atoms. The lowest BCUT2D eigenvalue weighted by molar-refractivity contribution is -0.113. The molecule has 0 aromatic heterocycles. The van der Waals surface area contributed by atoms with Crippen LogP contribution in [0.15, 0.2) is 24.3 Å². The van der Waals surface area contributed by atoms with Crippen molar-refractivity contribution >= 4 is 40.3 Å². The van der Waals surface area contributed by atoms with E-state index in [1.807, 2.05) is 6.07 Å². The molecule has 96 valence electrons. The number of carbonyl (C=O) groups is 2. The van der Waals surface area contributed by atoms with Crippen LogP contribution in [0.3, 0.4) is 0 Å². The molecule has 2 rings (SSSR count). The number of rotatable bonds is 1. The molecule has 0 spiro atoms. The van der Waals surface area contributed by atoms with Gasteiger partial charge in [0.05, 0.1) is 21.2 Å². The Morgan fingerprint density at radius 2 is 1.70 bits per heavy atom. The van der Waals surface area contributed by atoms with Gasteiger partial charge in [-0.05, 0) is 24.3 Å². The van der Waals surface area contributed by atoms with Gasteiger partial charge >= 0.3 is 0 Å². The zero-order chi connectivity index (χ0) is 14.9. The molecule has 6 heteroatoms. The second-order valence-electron chi connectivity index (χ2n) is 3.86. The van der Waals surface area contributed by atoms with E-state index in [2.05, 4.69) is 0 Å². The van der Waals surface area contributed by atoms with E-state index in [0.717, 1.165) is 18.2 Å². The van der Waals surface area contributed by atoms with Gasteiger partial charge in [-0.15, -0.1) is 0 Å². The first kappa shape index (κ1) is 14.0. The van der Waals surface area contributed by atoms with Crippen LogP contribution in [0.4, 0.5) is 0 Å². The monoisotopic (exact) mass is 302 g/mol. The summed E-state index contributed by atoms with van der Waals surface area (Å²) in [4.78, 5) is 23.2. The molecule has 0 aliphatic heterocycles. The lowest BCUT2D eigenvalue weighted by Gasteiger charge is -2.12. The van der Waals surface area contributed by atoms with Crippen molar-refractivity contribution in [3.05, 3.63) is 51.0 Å². The molecule has 4 nitrogen and oxygen atoms in total. The fourth-order valence-corrected chi connectivity index (χ4v) is 2.24. The van der Waals surface area contributed by atoms with Crippen molar-refractivity contribution in [2.75, 3.05) is 0 Å². The smallest absolute Gasteiger partial charge is 0.186 e. The van der Waals surface area contributed by atoms with Crippen LogP contribution in [0.5, 0.6) is 0 Å². The molecule has 0 saturated heterocycles. The number of halogens is 2. The van der Waals surface area contributed by atoms with Crippen molar-refractivity contribution in [2.45, 2.75) is 0 Å². The van der Waals surface area contributed by atoms with Gasteiger partial charge in [0.15, 0.2) is 11.6 Å². The van der Waals surface area contributed by atoms with E-state index < -0.39 is 5.78 Å². The summed E-state index contributed by atoms with van der Waals surface area (Å²) >= 11 is 12.0. The number of hydrogen-bond donors (Lipinski definition) is 0. The maximum absolute atomic E-state index is 11.8. The second-order valence-corrected chi connectivity index (χ2v) is 4.61. The Bertz CT molecular complexity index is 793. The van der Waals surface area contributed by atoms with Crippen LogP contribution >= 0.6 is 23.2 Å². The summed E-state index contributed by atoms with van der Waals surface area (Å²) in [7, 11) is 0. The maximum atomic E-state index is 11.8. The van der Waals surface area contributed by atoms with Gasteiger partial charge < -0.3 is 0 Å². The van der Waals surface area contributed by atoms with E-state index in [1.165, 1.54) is 6.07 Å². The van der Waals surface area contributed by atoms with Crippen molar-refractivity contribution in [1.82, 2.24) is 0 Å². The molecule has 1 aliphatic carbocycles. The van der Waals surface area contributed by atoms with Crippen molar-refractivity contribution in [3.8, 4) is 12.1 Å². The molecular weight excluding hydrogens is 299 g/mol. The number of allylic oxidation sites excluding steroid dienone is 4. The minimum atomic E-state index is -0.420. The molecule has 1 aromatic rings. The highest BCUT2D eigenvalue weighted by Gasteiger charge is 2.22. The molecule has 0 N–H and O–H groups in total. The summed E-state index contributed by atoms with van der Waals surface area (Å²) in [5.74, 6) is -0.786. The highest BCUT2D eigenvalue weighted by Crippen LogP contribution is 2.36. The predicted molar refractivity (Wildman–Crippen MR) is 73.0 cm³/mol. The topological polar surface area (TPSA) is 81.7 Å². The van der Waals surface area contributed by atoms with E-state index >= 15 is 0 Å². The molecule has 0 amide bonds. The average molecular weight is 303 g/mol. The Morgan fingerprint density at radius 1 is 1.00 bits per heavy atom. The number of benzene rings is 1. The Morgan fingerprint density at radius 3 is 2.30 bits per heavy atom. The quantitative estimate of drug-likeness (QED) is 0.747. The lowest BCUT2D eigenvalue weighted by atomic mass is 9.93.